The van der Waals surface area contributed by atoms with Crippen LogP contribution in [0, 0.1) is 0 Å². The van der Waals surface area contributed by atoms with Crippen LogP contribution in [0.2, 0.25) is 5.02 Å². The van der Waals surface area contributed by atoms with E-state index in [1.165, 1.54) is 5.56 Å². The van der Waals surface area contributed by atoms with Crippen LogP contribution in [0.1, 0.15) is 18.9 Å². The average molecular weight is 247 g/mol. The first kappa shape index (κ1) is 12.0. The lowest BCUT2D eigenvalue weighted by Crippen LogP contribution is -1.86. The van der Waals surface area contributed by atoms with Crippen molar-refractivity contribution < 1.29 is 5.11 Å². The van der Waals surface area contributed by atoms with Crippen molar-refractivity contribution in [3.05, 3.63) is 53.1 Å². The number of aromatic hydroxyl groups is 1. The molecule has 0 radical (unpaired) electrons. The number of rotatable bonds is 3. The Balaban J connectivity index is 2.51. The van der Waals surface area contributed by atoms with Crippen molar-refractivity contribution in [2.75, 3.05) is 0 Å². The van der Waals surface area contributed by atoms with Crippen LogP contribution < -0.4 is 0 Å². The first-order valence-corrected chi connectivity index (χ1v) is 6.17. The molecule has 88 valence electrons. The van der Waals surface area contributed by atoms with Crippen LogP contribution in [0.5, 0.6) is 5.75 Å². The number of phenolic OH excluding ortho intramolecular Hbond substituents is 1. The summed E-state index contributed by atoms with van der Waals surface area (Å²) in [5.74, 6) is 0.276. The van der Waals surface area contributed by atoms with E-state index in [0.29, 0.717) is 5.02 Å². The molecule has 0 atom stereocenters. The minimum absolute atomic E-state index is 0.276. The molecule has 0 fully saturated rings. The van der Waals surface area contributed by atoms with Crippen LogP contribution in [-0.2, 0) is 6.42 Å². The standard InChI is InChI=1S/C15H15ClO/c1-2-5-11-8-9-15(17)13(10-11)12-6-3-4-7-14(12)16/h3-4,6-10,17H,2,5H2,1H3. The van der Waals surface area contributed by atoms with Gasteiger partial charge in [0.05, 0.1) is 0 Å². The van der Waals surface area contributed by atoms with Crippen LogP contribution in [0.3, 0.4) is 0 Å². The minimum atomic E-state index is 0.276. The molecule has 17 heavy (non-hydrogen) atoms. The van der Waals surface area contributed by atoms with Crippen LogP contribution in [0.25, 0.3) is 11.1 Å². The summed E-state index contributed by atoms with van der Waals surface area (Å²) in [5, 5.41) is 10.6. The molecule has 2 heteroatoms. The number of halogens is 1. The summed E-state index contributed by atoms with van der Waals surface area (Å²) < 4.78 is 0. The van der Waals surface area contributed by atoms with E-state index in [4.69, 9.17) is 11.6 Å². The molecule has 0 amide bonds. The summed E-state index contributed by atoms with van der Waals surface area (Å²) in [6.45, 7) is 2.14. The predicted molar refractivity (Wildman–Crippen MR) is 72.5 cm³/mol. The Hall–Kier alpha value is -1.47. The molecule has 0 saturated carbocycles. The molecule has 2 rings (SSSR count). The van der Waals surface area contributed by atoms with Crippen molar-refractivity contribution in [2.24, 2.45) is 0 Å². The second-order valence-corrected chi connectivity index (χ2v) is 4.49. The fourth-order valence-electron chi connectivity index (χ4n) is 1.92. The smallest absolute Gasteiger partial charge is 0.123 e. The van der Waals surface area contributed by atoms with Crippen LogP contribution >= 0.6 is 11.6 Å². The highest BCUT2D eigenvalue weighted by Gasteiger charge is 2.08. The van der Waals surface area contributed by atoms with Gasteiger partial charge in [-0.2, -0.15) is 0 Å². The summed E-state index contributed by atoms with van der Waals surface area (Å²) >= 11 is 6.15. The molecule has 2 aromatic rings. The largest absolute Gasteiger partial charge is 0.507 e. The zero-order chi connectivity index (χ0) is 12.3. The van der Waals surface area contributed by atoms with E-state index in [1.807, 2.05) is 36.4 Å². The third kappa shape index (κ3) is 2.62. The van der Waals surface area contributed by atoms with Gasteiger partial charge in [0.2, 0.25) is 0 Å². The number of benzene rings is 2. The Morgan fingerprint density at radius 2 is 1.82 bits per heavy atom. The van der Waals surface area contributed by atoms with Crippen LogP contribution in [0.4, 0.5) is 0 Å². The van der Waals surface area contributed by atoms with Gasteiger partial charge in [-0.3, -0.25) is 0 Å². The van der Waals surface area contributed by atoms with Gasteiger partial charge in [0.1, 0.15) is 5.75 Å². The fraction of sp³-hybridized carbons (Fsp3) is 0.200. The Bertz CT molecular complexity index is 520. The molecule has 2 aromatic carbocycles. The van der Waals surface area contributed by atoms with Gasteiger partial charge in [0.25, 0.3) is 0 Å². The van der Waals surface area contributed by atoms with Crippen molar-refractivity contribution >= 4 is 11.6 Å². The summed E-state index contributed by atoms with van der Waals surface area (Å²) in [6.07, 6.45) is 2.10. The summed E-state index contributed by atoms with van der Waals surface area (Å²) in [4.78, 5) is 0. The van der Waals surface area contributed by atoms with Gasteiger partial charge in [0.15, 0.2) is 0 Å². The van der Waals surface area contributed by atoms with E-state index in [1.54, 1.807) is 6.07 Å². The van der Waals surface area contributed by atoms with Gasteiger partial charge in [-0.05, 0) is 30.2 Å². The second kappa shape index (κ2) is 5.24. The highest BCUT2D eigenvalue weighted by Crippen LogP contribution is 2.34. The molecule has 0 aromatic heterocycles. The van der Waals surface area contributed by atoms with Gasteiger partial charge in [0, 0.05) is 16.1 Å². The molecule has 0 aliphatic heterocycles. The van der Waals surface area contributed by atoms with Crippen molar-refractivity contribution in [3.8, 4) is 16.9 Å². The lowest BCUT2D eigenvalue weighted by Gasteiger charge is -2.09. The minimum Gasteiger partial charge on any atom is -0.507 e. The number of hydrogen-bond donors (Lipinski definition) is 1. The molecule has 0 bridgehead atoms. The summed E-state index contributed by atoms with van der Waals surface area (Å²) in [5.41, 5.74) is 2.91. The molecular formula is C15H15ClO. The molecule has 0 spiro atoms. The van der Waals surface area contributed by atoms with Gasteiger partial charge in [-0.15, -0.1) is 0 Å². The number of phenols is 1. The second-order valence-electron chi connectivity index (χ2n) is 4.08. The maximum absolute atomic E-state index is 9.92. The highest BCUT2D eigenvalue weighted by atomic mass is 35.5. The van der Waals surface area contributed by atoms with Crippen molar-refractivity contribution in [3.63, 3.8) is 0 Å². The van der Waals surface area contributed by atoms with Crippen LogP contribution in [-0.4, -0.2) is 5.11 Å². The zero-order valence-electron chi connectivity index (χ0n) is 9.78. The first-order chi connectivity index (χ1) is 8.22. The SMILES string of the molecule is CCCc1ccc(O)c(-c2ccccc2Cl)c1. The number of hydrogen-bond acceptors (Lipinski definition) is 1. The van der Waals surface area contributed by atoms with Crippen molar-refractivity contribution in [1.29, 1.82) is 0 Å². The van der Waals surface area contributed by atoms with Gasteiger partial charge >= 0.3 is 0 Å². The predicted octanol–water partition coefficient (Wildman–Crippen LogP) is 4.67. The molecule has 0 aliphatic carbocycles. The van der Waals surface area contributed by atoms with E-state index < -0.39 is 0 Å². The molecule has 0 aliphatic rings. The van der Waals surface area contributed by atoms with Gasteiger partial charge in [-0.25, -0.2) is 0 Å². The average Bonchev–Trinajstić information content (AvgIpc) is 2.33. The fourth-order valence-corrected chi connectivity index (χ4v) is 2.16. The van der Waals surface area contributed by atoms with Crippen molar-refractivity contribution in [1.82, 2.24) is 0 Å². The van der Waals surface area contributed by atoms with E-state index >= 15 is 0 Å². The molecule has 0 saturated heterocycles. The molecule has 1 nitrogen and oxygen atoms in total. The van der Waals surface area contributed by atoms with E-state index in [0.717, 1.165) is 24.0 Å². The lowest BCUT2D eigenvalue weighted by atomic mass is 10.00. The topological polar surface area (TPSA) is 20.2 Å². The Labute approximate surface area is 107 Å². The summed E-state index contributed by atoms with van der Waals surface area (Å²) in [7, 11) is 0. The van der Waals surface area contributed by atoms with E-state index in [-0.39, 0.29) is 5.75 Å². The Morgan fingerprint density at radius 1 is 1.06 bits per heavy atom. The molecule has 1 N–H and O–H groups in total. The quantitative estimate of drug-likeness (QED) is 0.835. The van der Waals surface area contributed by atoms with E-state index in [9.17, 15) is 5.11 Å². The molecule has 0 heterocycles. The molecular weight excluding hydrogens is 232 g/mol. The van der Waals surface area contributed by atoms with E-state index in [2.05, 4.69) is 6.92 Å². The van der Waals surface area contributed by atoms with Crippen molar-refractivity contribution in [2.45, 2.75) is 19.8 Å². The first-order valence-electron chi connectivity index (χ1n) is 5.79. The summed E-state index contributed by atoms with van der Waals surface area (Å²) in [6, 6.07) is 13.3. The van der Waals surface area contributed by atoms with Crippen LogP contribution in [0.15, 0.2) is 42.5 Å². The zero-order valence-corrected chi connectivity index (χ0v) is 10.5. The monoisotopic (exact) mass is 246 g/mol. The highest BCUT2D eigenvalue weighted by molar-refractivity contribution is 6.33. The third-order valence-corrected chi connectivity index (χ3v) is 3.09. The Morgan fingerprint density at radius 3 is 2.53 bits per heavy atom. The number of aryl methyl sites for hydroxylation is 1. The normalized spacial score (nSPS) is 10.5. The maximum Gasteiger partial charge on any atom is 0.123 e. The lowest BCUT2D eigenvalue weighted by molar-refractivity contribution is 0.477. The molecule has 0 unspecified atom stereocenters. The third-order valence-electron chi connectivity index (χ3n) is 2.76. The maximum atomic E-state index is 9.92. The van der Waals surface area contributed by atoms with Gasteiger partial charge in [-0.1, -0.05) is 49.2 Å². The Kier molecular flexibility index (Phi) is 3.70. The van der Waals surface area contributed by atoms with Gasteiger partial charge < -0.3 is 5.11 Å².